The van der Waals surface area contributed by atoms with Gasteiger partial charge in [-0.25, -0.2) is 9.79 Å². The maximum absolute atomic E-state index is 12.5. The third kappa shape index (κ3) is 4.94. The van der Waals surface area contributed by atoms with E-state index in [-0.39, 0.29) is 12.4 Å². The molecular weight excluding hydrogens is 372 g/mol. The Balaban J connectivity index is 2.51. The average Bonchev–Trinajstić information content (AvgIpc) is 2.65. The maximum Gasteiger partial charge on any atom is 0.338 e. The van der Waals surface area contributed by atoms with E-state index in [4.69, 9.17) is 19.3 Å². The van der Waals surface area contributed by atoms with Crippen molar-refractivity contribution in [2.45, 2.75) is 19.9 Å². The summed E-state index contributed by atoms with van der Waals surface area (Å²) >= 11 is 1.04. The molecule has 9 heteroatoms. The highest BCUT2D eigenvalue weighted by atomic mass is 32.2. The molecule has 2 rings (SSSR count). The Labute approximate surface area is 161 Å². The lowest BCUT2D eigenvalue weighted by Crippen LogP contribution is -2.31. The van der Waals surface area contributed by atoms with Crippen LogP contribution in [0.5, 0.6) is 11.5 Å². The first-order valence-electron chi connectivity index (χ1n) is 8.20. The highest BCUT2D eigenvalue weighted by molar-refractivity contribution is 8.14. The normalized spacial score (nSPS) is 16.3. The molecule has 0 saturated carbocycles. The SMILES string of the molecule is CCOC(=O)C1=C(C)NC(SCC(=O)O)=N[C@H]1c1ccc(OC)cc1OC. The number of thioether (sulfide) groups is 1. The van der Waals surface area contributed by atoms with Crippen LogP contribution in [-0.4, -0.2) is 48.8 Å². The minimum Gasteiger partial charge on any atom is -0.497 e. The van der Waals surface area contributed by atoms with E-state index >= 15 is 0 Å². The molecule has 0 aromatic heterocycles. The van der Waals surface area contributed by atoms with Crippen LogP contribution >= 0.6 is 11.8 Å². The zero-order chi connectivity index (χ0) is 20.0. The second-order valence-electron chi connectivity index (χ2n) is 5.51. The first-order valence-corrected chi connectivity index (χ1v) is 9.19. The number of esters is 1. The number of amidine groups is 1. The largest absolute Gasteiger partial charge is 0.497 e. The molecule has 1 aromatic carbocycles. The van der Waals surface area contributed by atoms with Crippen LogP contribution in [0.15, 0.2) is 34.5 Å². The summed E-state index contributed by atoms with van der Waals surface area (Å²) in [6.07, 6.45) is 0. The summed E-state index contributed by atoms with van der Waals surface area (Å²) in [5.74, 6) is -0.493. The van der Waals surface area contributed by atoms with Gasteiger partial charge in [-0.05, 0) is 26.0 Å². The monoisotopic (exact) mass is 394 g/mol. The van der Waals surface area contributed by atoms with E-state index in [0.29, 0.717) is 33.5 Å². The van der Waals surface area contributed by atoms with Gasteiger partial charge in [0.25, 0.3) is 0 Å². The fraction of sp³-hybridized carbons (Fsp3) is 0.389. The van der Waals surface area contributed by atoms with Gasteiger partial charge < -0.3 is 24.6 Å². The smallest absolute Gasteiger partial charge is 0.338 e. The van der Waals surface area contributed by atoms with Crippen molar-refractivity contribution in [1.29, 1.82) is 0 Å². The molecule has 0 amide bonds. The first kappa shape index (κ1) is 20.6. The van der Waals surface area contributed by atoms with Gasteiger partial charge in [-0.3, -0.25) is 4.79 Å². The summed E-state index contributed by atoms with van der Waals surface area (Å²) in [5, 5.41) is 12.3. The second kappa shape index (κ2) is 9.31. The van der Waals surface area contributed by atoms with Crippen molar-refractivity contribution in [2.75, 3.05) is 26.6 Å². The molecule has 1 heterocycles. The number of rotatable bonds is 7. The molecule has 1 aliphatic rings. The lowest BCUT2D eigenvalue weighted by molar-refractivity contribution is -0.139. The van der Waals surface area contributed by atoms with Gasteiger partial charge in [0.05, 0.1) is 32.2 Å². The van der Waals surface area contributed by atoms with Gasteiger partial charge in [0.15, 0.2) is 5.17 Å². The van der Waals surface area contributed by atoms with Crippen molar-refractivity contribution in [3.63, 3.8) is 0 Å². The van der Waals surface area contributed by atoms with Crippen LogP contribution < -0.4 is 14.8 Å². The van der Waals surface area contributed by atoms with Crippen molar-refractivity contribution < 1.29 is 28.9 Å². The topological polar surface area (TPSA) is 106 Å². The number of aliphatic carboxylic acids is 1. The molecule has 1 aromatic rings. The van der Waals surface area contributed by atoms with E-state index in [1.54, 1.807) is 39.2 Å². The molecule has 0 radical (unpaired) electrons. The van der Waals surface area contributed by atoms with Crippen LogP contribution in [0.4, 0.5) is 0 Å². The number of nitrogens with zero attached hydrogens (tertiary/aromatic N) is 1. The number of nitrogens with one attached hydrogen (secondary N) is 1. The van der Waals surface area contributed by atoms with E-state index in [9.17, 15) is 9.59 Å². The van der Waals surface area contributed by atoms with Gasteiger partial charge in [0, 0.05) is 17.3 Å². The van der Waals surface area contributed by atoms with Crippen molar-refractivity contribution in [3.05, 3.63) is 35.0 Å². The van der Waals surface area contributed by atoms with Gasteiger partial charge in [0.1, 0.15) is 17.5 Å². The molecule has 0 saturated heterocycles. The third-order valence-corrected chi connectivity index (χ3v) is 4.65. The van der Waals surface area contributed by atoms with Crippen molar-refractivity contribution in [3.8, 4) is 11.5 Å². The van der Waals surface area contributed by atoms with E-state index in [2.05, 4.69) is 10.3 Å². The predicted octanol–water partition coefficient (Wildman–Crippen LogP) is 2.36. The van der Waals surface area contributed by atoms with Crippen LogP contribution in [0.2, 0.25) is 0 Å². The van der Waals surface area contributed by atoms with Gasteiger partial charge in [-0.15, -0.1) is 0 Å². The lowest BCUT2D eigenvalue weighted by atomic mass is 9.95. The van der Waals surface area contributed by atoms with Crippen LogP contribution in [0.3, 0.4) is 0 Å². The molecule has 1 atom stereocenters. The van der Waals surface area contributed by atoms with E-state index in [0.717, 1.165) is 11.8 Å². The minimum atomic E-state index is -0.957. The molecule has 27 heavy (non-hydrogen) atoms. The number of carboxylic acid groups (broad SMARTS) is 1. The van der Waals surface area contributed by atoms with Gasteiger partial charge in [-0.1, -0.05) is 11.8 Å². The van der Waals surface area contributed by atoms with Gasteiger partial charge >= 0.3 is 11.9 Å². The lowest BCUT2D eigenvalue weighted by Gasteiger charge is -2.26. The Kier molecular flexibility index (Phi) is 7.12. The zero-order valence-corrected chi connectivity index (χ0v) is 16.4. The molecule has 2 N–H and O–H groups in total. The molecule has 0 bridgehead atoms. The van der Waals surface area contributed by atoms with Crippen molar-refractivity contribution in [1.82, 2.24) is 5.32 Å². The Morgan fingerprint density at radius 1 is 1.30 bits per heavy atom. The zero-order valence-electron chi connectivity index (χ0n) is 15.6. The molecule has 8 nitrogen and oxygen atoms in total. The van der Waals surface area contributed by atoms with Crippen molar-refractivity contribution >= 4 is 28.9 Å². The number of allylic oxidation sites excluding steroid dienone is 1. The number of ether oxygens (including phenoxy) is 3. The Hall–Kier alpha value is -2.68. The van der Waals surface area contributed by atoms with Crippen LogP contribution in [0, 0.1) is 0 Å². The summed E-state index contributed by atoms with van der Waals surface area (Å²) < 4.78 is 15.9. The highest BCUT2D eigenvalue weighted by Gasteiger charge is 2.32. The number of carboxylic acids is 1. The molecule has 0 spiro atoms. The number of hydrogen-bond acceptors (Lipinski definition) is 8. The second-order valence-corrected chi connectivity index (χ2v) is 6.48. The Morgan fingerprint density at radius 3 is 2.63 bits per heavy atom. The quantitative estimate of drug-likeness (QED) is 0.679. The number of carbonyl (C=O) groups is 2. The summed E-state index contributed by atoms with van der Waals surface area (Å²) in [4.78, 5) is 28.0. The summed E-state index contributed by atoms with van der Waals surface area (Å²) in [6.45, 7) is 3.68. The molecule has 0 fully saturated rings. The summed E-state index contributed by atoms with van der Waals surface area (Å²) in [5.41, 5.74) is 1.55. The maximum atomic E-state index is 12.5. The predicted molar refractivity (Wildman–Crippen MR) is 102 cm³/mol. The summed E-state index contributed by atoms with van der Waals surface area (Å²) in [7, 11) is 3.07. The van der Waals surface area contributed by atoms with E-state index < -0.39 is 18.0 Å². The first-order chi connectivity index (χ1) is 12.9. The van der Waals surface area contributed by atoms with Crippen molar-refractivity contribution in [2.24, 2.45) is 4.99 Å². The van der Waals surface area contributed by atoms with E-state index in [1.165, 1.54) is 7.11 Å². The van der Waals surface area contributed by atoms with Crippen LogP contribution in [0.1, 0.15) is 25.5 Å². The number of aliphatic imine (C=N–C) groups is 1. The van der Waals surface area contributed by atoms with Gasteiger partial charge in [0.2, 0.25) is 0 Å². The van der Waals surface area contributed by atoms with Gasteiger partial charge in [-0.2, -0.15) is 0 Å². The number of carbonyl (C=O) groups excluding carboxylic acids is 1. The minimum absolute atomic E-state index is 0.152. The fourth-order valence-electron chi connectivity index (χ4n) is 2.59. The van der Waals surface area contributed by atoms with Crippen LogP contribution in [0.25, 0.3) is 0 Å². The average molecular weight is 394 g/mol. The van der Waals surface area contributed by atoms with Crippen LogP contribution in [-0.2, 0) is 14.3 Å². The number of methoxy groups -OCH3 is 2. The summed E-state index contributed by atoms with van der Waals surface area (Å²) in [6, 6.07) is 4.53. The molecular formula is C18H22N2O6S. The Bertz CT molecular complexity index is 790. The third-order valence-electron chi connectivity index (χ3n) is 3.78. The molecule has 0 aliphatic carbocycles. The molecule has 146 valence electrons. The number of hydrogen-bond donors (Lipinski definition) is 2. The molecule has 0 unspecified atom stereocenters. The Morgan fingerprint density at radius 2 is 2.04 bits per heavy atom. The standard InChI is InChI=1S/C18H22N2O6S/c1-5-26-17(23)15-10(2)19-18(27-9-14(21)22)20-16(15)12-7-6-11(24-3)8-13(12)25-4/h6-8,16H,5,9H2,1-4H3,(H,19,20)(H,21,22)/t16-/m0/s1. The van der Waals surface area contributed by atoms with E-state index in [1.807, 2.05) is 0 Å². The fourth-order valence-corrected chi connectivity index (χ4v) is 3.26. The molecule has 1 aliphatic heterocycles. The highest BCUT2D eigenvalue weighted by Crippen LogP contribution is 2.39. The number of benzene rings is 1.